The van der Waals surface area contributed by atoms with E-state index in [-0.39, 0.29) is 17.8 Å². The third-order valence-corrected chi connectivity index (χ3v) is 2.77. The average molecular weight is 237 g/mol. The molecule has 0 aromatic carbocycles. The third kappa shape index (κ3) is 1.96. The number of hydrogen-bond donors (Lipinski definition) is 3. The molecular formula is C7H7O5Zn. The monoisotopic (exact) mass is 235 g/mol. The van der Waals surface area contributed by atoms with E-state index in [1.54, 1.807) is 0 Å². The molecule has 0 spiro atoms. The number of aliphatic hydroxyl groups is 2. The predicted molar refractivity (Wildman–Crippen MR) is 37.1 cm³/mol. The van der Waals surface area contributed by atoms with Crippen LogP contribution in [-0.2, 0) is 27.0 Å². The molecule has 0 aliphatic heterocycles. The number of carboxylic acids is 1. The van der Waals surface area contributed by atoms with E-state index < -0.39 is 11.8 Å². The molecule has 1 unspecified atom stereocenters. The van der Waals surface area contributed by atoms with E-state index in [0.29, 0.717) is 18.7 Å². The van der Waals surface area contributed by atoms with Crippen LogP contribution in [0.3, 0.4) is 0 Å². The molecule has 0 radical (unpaired) electrons. The molecule has 0 saturated carbocycles. The van der Waals surface area contributed by atoms with Crippen LogP contribution in [0.15, 0.2) is 23.5 Å². The molecule has 0 fully saturated rings. The van der Waals surface area contributed by atoms with Gasteiger partial charge in [0.2, 0.25) is 0 Å². The number of allylic oxidation sites excluding steroid dienone is 1. The van der Waals surface area contributed by atoms with Crippen LogP contribution in [0.25, 0.3) is 0 Å². The zero-order valence-electron chi connectivity index (χ0n) is 6.73. The maximum absolute atomic E-state index is 10.6. The van der Waals surface area contributed by atoms with Gasteiger partial charge in [-0.15, -0.1) is 0 Å². The molecule has 0 aromatic heterocycles. The van der Waals surface area contributed by atoms with Crippen LogP contribution in [0.4, 0.5) is 0 Å². The van der Waals surface area contributed by atoms with Crippen molar-refractivity contribution in [3.8, 4) is 0 Å². The number of hydrogen-bond acceptors (Lipinski definition) is 4. The molecule has 5 nitrogen and oxygen atoms in total. The Bertz CT molecular complexity index is 295. The van der Waals surface area contributed by atoms with Crippen molar-refractivity contribution in [1.29, 1.82) is 0 Å². The van der Waals surface area contributed by atoms with Crippen LogP contribution in [0, 0.1) is 0 Å². The molecule has 0 bridgehead atoms. The summed E-state index contributed by atoms with van der Waals surface area (Å²) in [5.41, 5.74) is -0.334. The van der Waals surface area contributed by atoms with Crippen molar-refractivity contribution < 1.29 is 42.3 Å². The molecule has 1 aliphatic carbocycles. The van der Waals surface area contributed by atoms with E-state index in [2.05, 4.69) is 0 Å². The summed E-state index contributed by atoms with van der Waals surface area (Å²) in [4.78, 5) is 10.6. The second kappa shape index (κ2) is 3.58. The quantitative estimate of drug-likeness (QED) is 0.464. The molecule has 0 amide bonds. The standard InChI is InChI=1S/C7H7O5.Zn/c8-4-1-2-7(11,12)5(3-4)6(9)10;/h1,3,8,11H,2H2,(H,9,10);/q-1;+1. The predicted octanol–water partition coefficient (Wildman–Crippen LogP) is 0.0100. The Morgan fingerprint density at radius 3 is 2.77 bits per heavy atom. The molecule has 1 atom stereocenters. The van der Waals surface area contributed by atoms with Gasteiger partial charge in [0.05, 0.1) is 0 Å². The molecule has 1 aliphatic rings. The summed E-state index contributed by atoms with van der Waals surface area (Å²) < 4.78 is 4.78. The van der Waals surface area contributed by atoms with E-state index in [4.69, 9.17) is 13.8 Å². The van der Waals surface area contributed by atoms with Crippen molar-refractivity contribution in [3.05, 3.63) is 23.5 Å². The van der Waals surface area contributed by atoms with Crippen LogP contribution in [0.5, 0.6) is 0 Å². The first-order valence-electron chi connectivity index (χ1n) is 3.50. The summed E-state index contributed by atoms with van der Waals surface area (Å²) in [5, 5.41) is 27.3. The van der Waals surface area contributed by atoms with E-state index >= 15 is 0 Å². The number of rotatable bonds is 2. The minimum absolute atomic E-state index is 0.0447. The normalized spacial score (nSPS) is 27.9. The molecular weight excluding hydrogens is 229 g/mol. The number of carbonyl (C=O) groups is 1. The SMILES string of the molecule is O=C(O)C1=CC(O)=CCC1(O)[O][Zn]. The fourth-order valence-corrected chi connectivity index (χ4v) is 1.61. The van der Waals surface area contributed by atoms with Gasteiger partial charge in [-0.1, -0.05) is 0 Å². The zero-order chi connectivity index (χ0) is 10.1. The second-order valence-electron chi connectivity index (χ2n) is 2.62. The van der Waals surface area contributed by atoms with Crippen molar-refractivity contribution >= 4 is 5.97 Å². The molecule has 6 heteroatoms. The van der Waals surface area contributed by atoms with Gasteiger partial charge in [-0.3, -0.25) is 0 Å². The Kier molecular flexibility index (Phi) is 2.85. The van der Waals surface area contributed by atoms with Gasteiger partial charge >= 0.3 is 84.0 Å². The zero-order valence-corrected chi connectivity index (χ0v) is 9.69. The molecule has 13 heavy (non-hydrogen) atoms. The van der Waals surface area contributed by atoms with Crippen molar-refractivity contribution in [2.24, 2.45) is 0 Å². The van der Waals surface area contributed by atoms with Crippen molar-refractivity contribution in [2.45, 2.75) is 12.2 Å². The Morgan fingerprint density at radius 2 is 2.31 bits per heavy atom. The molecule has 3 N–H and O–H groups in total. The van der Waals surface area contributed by atoms with Crippen molar-refractivity contribution in [2.75, 3.05) is 0 Å². The van der Waals surface area contributed by atoms with Gasteiger partial charge in [-0.2, -0.15) is 0 Å². The number of aliphatic carboxylic acids is 1. The van der Waals surface area contributed by atoms with Crippen molar-refractivity contribution in [1.82, 2.24) is 0 Å². The van der Waals surface area contributed by atoms with E-state index in [1.165, 1.54) is 6.08 Å². The third-order valence-electron chi connectivity index (χ3n) is 1.77. The summed E-state index contributed by atoms with van der Waals surface area (Å²) >= 11 is 0.315. The second-order valence-corrected chi connectivity index (χ2v) is 3.23. The van der Waals surface area contributed by atoms with Crippen LogP contribution in [0.1, 0.15) is 6.42 Å². The first-order valence-corrected chi connectivity index (χ1v) is 4.71. The Morgan fingerprint density at radius 1 is 1.69 bits per heavy atom. The topological polar surface area (TPSA) is 87.0 Å². The fourth-order valence-electron chi connectivity index (χ4n) is 1.04. The van der Waals surface area contributed by atoms with Gasteiger partial charge in [0.1, 0.15) is 0 Å². The fraction of sp³-hybridized carbons (Fsp3) is 0.286. The summed E-state index contributed by atoms with van der Waals surface area (Å²) in [7, 11) is 0. The van der Waals surface area contributed by atoms with Gasteiger partial charge in [-0.05, 0) is 0 Å². The summed E-state index contributed by atoms with van der Waals surface area (Å²) in [5.74, 6) is -3.24. The van der Waals surface area contributed by atoms with Crippen LogP contribution in [-0.4, -0.2) is 27.1 Å². The Labute approximate surface area is 84.4 Å². The molecule has 0 aromatic rings. The summed E-state index contributed by atoms with van der Waals surface area (Å²) in [6.07, 6.45) is 2.25. The van der Waals surface area contributed by atoms with Gasteiger partial charge < -0.3 is 0 Å². The average Bonchev–Trinajstić information content (AvgIpc) is 2.09. The van der Waals surface area contributed by atoms with Gasteiger partial charge in [0.15, 0.2) is 0 Å². The van der Waals surface area contributed by atoms with Crippen LogP contribution >= 0.6 is 0 Å². The Balaban J connectivity index is 3.07. The first kappa shape index (κ1) is 10.4. The number of carboxylic acid groups (broad SMARTS) is 1. The van der Waals surface area contributed by atoms with Crippen LogP contribution < -0.4 is 0 Å². The van der Waals surface area contributed by atoms with E-state index in [1.807, 2.05) is 0 Å². The Hall–Kier alpha value is -0.707. The van der Waals surface area contributed by atoms with E-state index in [9.17, 15) is 9.90 Å². The van der Waals surface area contributed by atoms with Gasteiger partial charge in [0, 0.05) is 0 Å². The molecule has 0 heterocycles. The summed E-state index contributed by atoms with van der Waals surface area (Å²) in [6, 6.07) is 0. The molecule has 0 saturated heterocycles. The minimum atomic E-state index is -1.78. The van der Waals surface area contributed by atoms with E-state index in [0.717, 1.165) is 6.08 Å². The van der Waals surface area contributed by atoms with Gasteiger partial charge in [-0.25, -0.2) is 0 Å². The number of aliphatic hydroxyl groups excluding tert-OH is 1. The summed E-state index contributed by atoms with van der Waals surface area (Å²) in [6.45, 7) is 0. The first-order chi connectivity index (χ1) is 5.99. The maximum atomic E-state index is 10.6. The van der Waals surface area contributed by atoms with Crippen molar-refractivity contribution in [3.63, 3.8) is 0 Å². The van der Waals surface area contributed by atoms with Crippen LogP contribution in [0.2, 0.25) is 0 Å². The molecule has 1 rings (SSSR count). The van der Waals surface area contributed by atoms with Gasteiger partial charge in [0.25, 0.3) is 0 Å². The molecule has 67 valence electrons.